The van der Waals surface area contributed by atoms with Gasteiger partial charge >= 0.3 is 0 Å². The van der Waals surface area contributed by atoms with Gasteiger partial charge < -0.3 is 0 Å². The molecule has 2 rings (SSSR count). The highest BCUT2D eigenvalue weighted by atomic mass is 19.1. The van der Waals surface area contributed by atoms with Gasteiger partial charge in [-0.05, 0) is 19.9 Å². The van der Waals surface area contributed by atoms with Gasteiger partial charge in [-0.25, -0.2) is 13.9 Å². The van der Waals surface area contributed by atoms with Crippen molar-refractivity contribution in [2.75, 3.05) is 0 Å². The summed E-state index contributed by atoms with van der Waals surface area (Å²) in [7, 11) is 0. The second-order valence-electron chi connectivity index (χ2n) is 2.74. The third kappa shape index (κ3) is 0.879. The molecule has 0 spiro atoms. The van der Waals surface area contributed by atoms with E-state index in [0.717, 1.165) is 5.69 Å². The van der Waals surface area contributed by atoms with Gasteiger partial charge in [0.25, 0.3) is 0 Å². The number of aryl methyl sites for hydroxylation is 2. The lowest BCUT2D eigenvalue weighted by molar-refractivity contribution is 0.626. The first-order valence-corrected chi connectivity index (χ1v) is 3.66. The summed E-state index contributed by atoms with van der Waals surface area (Å²) in [5.74, 6) is -0.335. The van der Waals surface area contributed by atoms with E-state index in [1.54, 1.807) is 19.2 Å². The van der Waals surface area contributed by atoms with Crippen LogP contribution in [0.5, 0.6) is 0 Å². The van der Waals surface area contributed by atoms with Gasteiger partial charge in [0.1, 0.15) is 0 Å². The Morgan fingerprint density at radius 1 is 1.42 bits per heavy atom. The fraction of sp³-hybridized carbons (Fsp3) is 0.250. The van der Waals surface area contributed by atoms with Crippen LogP contribution >= 0.6 is 0 Å². The third-order valence-electron chi connectivity index (χ3n) is 1.73. The standard InChI is InChI=1S/C8H8FN3/c1-5-3-4-12-8(10-5)7(9)6(2)11-12/h3-4H,1-2H3. The molecule has 0 saturated heterocycles. The van der Waals surface area contributed by atoms with Crippen LogP contribution in [-0.4, -0.2) is 14.6 Å². The highest BCUT2D eigenvalue weighted by molar-refractivity contribution is 5.41. The number of rotatable bonds is 0. The van der Waals surface area contributed by atoms with Crippen molar-refractivity contribution in [2.45, 2.75) is 13.8 Å². The normalized spacial score (nSPS) is 10.9. The van der Waals surface area contributed by atoms with E-state index in [1.807, 2.05) is 6.92 Å². The molecule has 0 atom stereocenters. The molecule has 0 fully saturated rings. The smallest absolute Gasteiger partial charge is 0.191 e. The highest BCUT2D eigenvalue weighted by Gasteiger charge is 2.08. The molecule has 12 heavy (non-hydrogen) atoms. The summed E-state index contributed by atoms with van der Waals surface area (Å²) in [5, 5.41) is 3.93. The second kappa shape index (κ2) is 2.27. The van der Waals surface area contributed by atoms with Crippen LogP contribution in [0.4, 0.5) is 4.39 Å². The lowest BCUT2D eigenvalue weighted by Gasteiger charge is -1.92. The SMILES string of the molecule is Cc1ccn2nc(C)c(F)c2n1. The van der Waals surface area contributed by atoms with Crippen molar-refractivity contribution >= 4 is 5.65 Å². The minimum atomic E-state index is -0.335. The van der Waals surface area contributed by atoms with Crippen LogP contribution in [0.2, 0.25) is 0 Å². The minimum Gasteiger partial charge on any atom is -0.231 e. The Bertz CT molecular complexity index is 433. The Balaban J connectivity index is 2.88. The van der Waals surface area contributed by atoms with Crippen molar-refractivity contribution in [1.82, 2.24) is 14.6 Å². The van der Waals surface area contributed by atoms with Crippen molar-refractivity contribution in [1.29, 1.82) is 0 Å². The van der Waals surface area contributed by atoms with Gasteiger partial charge in [-0.3, -0.25) is 0 Å². The van der Waals surface area contributed by atoms with Crippen molar-refractivity contribution in [3.63, 3.8) is 0 Å². The molecule has 0 aliphatic rings. The second-order valence-corrected chi connectivity index (χ2v) is 2.74. The molecular weight excluding hydrogens is 157 g/mol. The molecule has 0 saturated carbocycles. The molecule has 0 unspecified atom stereocenters. The maximum Gasteiger partial charge on any atom is 0.191 e. The van der Waals surface area contributed by atoms with E-state index in [1.165, 1.54) is 4.52 Å². The predicted molar refractivity (Wildman–Crippen MR) is 42.4 cm³/mol. The van der Waals surface area contributed by atoms with Gasteiger partial charge in [0.15, 0.2) is 11.5 Å². The average Bonchev–Trinajstić information content (AvgIpc) is 2.31. The maximum atomic E-state index is 13.2. The van der Waals surface area contributed by atoms with E-state index in [-0.39, 0.29) is 5.82 Å². The fourth-order valence-electron chi connectivity index (χ4n) is 1.10. The molecule has 0 aliphatic heterocycles. The van der Waals surface area contributed by atoms with Crippen molar-refractivity contribution in [3.05, 3.63) is 29.5 Å². The van der Waals surface area contributed by atoms with Crippen LogP contribution in [0.25, 0.3) is 5.65 Å². The van der Waals surface area contributed by atoms with Crippen LogP contribution in [0.15, 0.2) is 12.3 Å². The minimum absolute atomic E-state index is 0.299. The van der Waals surface area contributed by atoms with Gasteiger partial charge in [0.05, 0.1) is 5.69 Å². The van der Waals surface area contributed by atoms with Crippen LogP contribution < -0.4 is 0 Å². The topological polar surface area (TPSA) is 30.2 Å². The van der Waals surface area contributed by atoms with E-state index in [4.69, 9.17) is 0 Å². The predicted octanol–water partition coefficient (Wildman–Crippen LogP) is 1.49. The van der Waals surface area contributed by atoms with E-state index >= 15 is 0 Å². The van der Waals surface area contributed by atoms with E-state index in [9.17, 15) is 4.39 Å². The molecule has 62 valence electrons. The lowest BCUT2D eigenvalue weighted by atomic mass is 10.4. The molecular formula is C8H8FN3. The quantitative estimate of drug-likeness (QED) is 0.592. The first-order valence-electron chi connectivity index (χ1n) is 3.66. The molecule has 4 heteroatoms. The molecule has 0 radical (unpaired) electrons. The molecule has 0 N–H and O–H groups in total. The molecule has 0 amide bonds. The van der Waals surface area contributed by atoms with Gasteiger partial charge in [0, 0.05) is 11.9 Å². The summed E-state index contributed by atoms with van der Waals surface area (Å²) >= 11 is 0. The van der Waals surface area contributed by atoms with E-state index < -0.39 is 0 Å². The Morgan fingerprint density at radius 3 is 2.92 bits per heavy atom. The molecule has 2 heterocycles. The molecule has 2 aromatic rings. The van der Waals surface area contributed by atoms with Crippen LogP contribution in [0.1, 0.15) is 11.4 Å². The molecule has 3 nitrogen and oxygen atoms in total. The number of hydrogen-bond acceptors (Lipinski definition) is 2. The zero-order chi connectivity index (χ0) is 8.72. The molecule has 2 aromatic heterocycles. The molecule has 0 aromatic carbocycles. The fourth-order valence-corrected chi connectivity index (χ4v) is 1.10. The van der Waals surface area contributed by atoms with Crippen molar-refractivity contribution in [3.8, 4) is 0 Å². The first-order chi connectivity index (χ1) is 5.68. The Labute approximate surface area is 68.9 Å². The Morgan fingerprint density at radius 2 is 2.17 bits per heavy atom. The van der Waals surface area contributed by atoms with Gasteiger partial charge in [-0.2, -0.15) is 5.10 Å². The Kier molecular flexibility index (Phi) is 1.36. The summed E-state index contributed by atoms with van der Waals surface area (Å²) in [4.78, 5) is 4.02. The number of fused-ring (bicyclic) bond motifs is 1. The summed E-state index contributed by atoms with van der Waals surface area (Å²) in [6.45, 7) is 3.45. The van der Waals surface area contributed by atoms with Crippen LogP contribution in [-0.2, 0) is 0 Å². The van der Waals surface area contributed by atoms with Crippen LogP contribution in [0, 0.1) is 19.7 Å². The number of halogens is 1. The summed E-state index contributed by atoms with van der Waals surface area (Å²) in [5.41, 5.74) is 1.47. The molecule has 0 aliphatic carbocycles. The van der Waals surface area contributed by atoms with E-state index in [2.05, 4.69) is 10.1 Å². The largest absolute Gasteiger partial charge is 0.231 e. The number of nitrogens with zero attached hydrogens (tertiary/aromatic N) is 3. The van der Waals surface area contributed by atoms with Crippen LogP contribution in [0.3, 0.4) is 0 Å². The van der Waals surface area contributed by atoms with Gasteiger partial charge in [-0.15, -0.1) is 0 Å². The maximum absolute atomic E-state index is 13.2. The van der Waals surface area contributed by atoms with Crippen molar-refractivity contribution < 1.29 is 4.39 Å². The van der Waals surface area contributed by atoms with E-state index in [0.29, 0.717) is 11.3 Å². The first kappa shape index (κ1) is 7.21. The van der Waals surface area contributed by atoms with Crippen molar-refractivity contribution in [2.24, 2.45) is 0 Å². The zero-order valence-corrected chi connectivity index (χ0v) is 6.87. The lowest BCUT2D eigenvalue weighted by Crippen LogP contribution is -1.91. The summed E-state index contributed by atoms with van der Waals surface area (Å²) in [6, 6.07) is 1.79. The average molecular weight is 165 g/mol. The zero-order valence-electron chi connectivity index (χ0n) is 6.87. The molecule has 0 bridgehead atoms. The Hall–Kier alpha value is -1.45. The van der Waals surface area contributed by atoms with Gasteiger partial charge in [-0.1, -0.05) is 0 Å². The summed E-state index contributed by atoms with van der Waals surface area (Å²) < 4.78 is 14.6. The monoisotopic (exact) mass is 165 g/mol. The number of aromatic nitrogens is 3. The third-order valence-corrected chi connectivity index (χ3v) is 1.73. The highest BCUT2D eigenvalue weighted by Crippen LogP contribution is 2.10. The number of hydrogen-bond donors (Lipinski definition) is 0. The van der Waals surface area contributed by atoms with Gasteiger partial charge in [0.2, 0.25) is 0 Å². The summed E-state index contributed by atoms with van der Waals surface area (Å²) in [6.07, 6.45) is 1.70.